The molecule has 2 amide bonds. The minimum Gasteiger partial charge on any atom is -0.354 e. The van der Waals surface area contributed by atoms with Crippen LogP contribution in [0.15, 0.2) is 18.6 Å². The van der Waals surface area contributed by atoms with Gasteiger partial charge in [0.05, 0.1) is 6.20 Å². The standard InChI is InChI=1S/C16H26N8O4/c1-11(2)5-7-20-14(25)12(4-3-6-21-16(17)23-24(27)28)22-15(26)13-10-18-8-9-19-13/h8-12H,3-7H2,1-2H3,(H,20,25)(H,22,26)(H3,17,21,23)/t12-/m0/s1. The fraction of sp³-hybridized carbons (Fsp3) is 0.562. The van der Waals surface area contributed by atoms with E-state index in [0.29, 0.717) is 18.9 Å². The number of hydrazine groups is 1. The van der Waals surface area contributed by atoms with E-state index in [9.17, 15) is 19.7 Å². The maximum atomic E-state index is 12.4. The van der Waals surface area contributed by atoms with E-state index in [1.165, 1.54) is 18.6 Å². The Labute approximate surface area is 162 Å². The summed E-state index contributed by atoms with van der Waals surface area (Å²) in [6, 6.07) is -0.805. The molecule has 1 heterocycles. The maximum absolute atomic E-state index is 12.4. The van der Waals surface area contributed by atoms with Crippen molar-refractivity contribution in [2.75, 3.05) is 13.1 Å². The molecule has 154 valence electrons. The van der Waals surface area contributed by atoms with Crippen molar-refractivity contribution in [1.82, 2.24) is 31.3 Å². The van der Waals surface area contributed by atoms with Gasteiger partial charge in [-0.2, -0.15) is 0 Å². The van der Waals surface area contributed by atoms with Crippen LogP contribution in [0.25, 0.3) is 0 Å². The summed E-state index contributed by atoms with van der Waals surface area (Å²) >= 11 is 0. The Morgan fingerprint density at radius 1 is 1.21 bits per heavy atom. The van der Waals surface area contributed by atoms with Gasteiger partial charge in [-0.05, 0) is 25.2 Å². The number of aromatic nitrogens is 2. The summed E-state index contributed by atoms with van der Waals surface area (Å²) in [5.41, 5.74) is 1.77. The highest BCUT2D eigenvalue weighted by Gasteiger charge is 2.21. The summed E-state index contributed by atoms with van der Waals surface area (Å²) < 4.78 is 0. The van der Waals surface area contributed by atoms with Crippen LogP contribution >= 0.6 is 0 Å². The van der Waals surface area contributed by atoms with Gasteiger partial charge in [-0.3, -0.25) is 20.0 Å². The second-order valence-corrected chi connectivity index (χ2v) is 6.40. The summed E-state index contributed by atoms with van der Waals surface area (Å²) in [5, 5.41) is 24.7. The van der Waals surface area contributed by atoms with Crippen molar-refractivity contribution in [3.8, 4) is 0 Å². The summed E-state index contributed by atoms with van der Waals surface area (Å²) in [5.74, 6) is -0.868. The molecular weight excluding hydrogens is 368 g/mol. The Hall–Kier alpha value is -3.31. The highest BCUT2D eigenvalue weighted by atomic mass is 16.7. The topological polar surface area (TPSA) is 175 Å². The first-order valence-corrected chi connectivity index (χ1v) is 8.87. The van der Waals surface area contributed by atoms with Crippen LogP contribution in [0, 0.1) is 21.4 Å². The molecule has 12 nitrogen and oxygen atoms in total. The molecule has 0 unspecified atom stereocenters. The van der Waals surface area contributed by atoms with Crippen molar-refractivity contribution in [1.29, 1.82) is 5.41 Å². The van der Waals surface area contributed by atoms with Gasteiger partial charge in [0.25, 0.3) is 11.9 Å². The molecule has 5 N–H and O–H groups in total. The molecule has 0 aliphatic heterocycles. The van der Waals surface area contributed by atoms with Crippen LogP contribution in [0.2, 0.25) is 0 Å². The lowest BCUT2D eigenvalue weighted by molar-refractivity contribution is -0.525. The number of nitrogens with zero attached hydrogens (tertiary/aromatic N) is 3. The fourth-order valence-corrected chi connectivity index (χ4v) is 2.17. The van der Waals surface area contributed by atoms with E-state index in [-0.39, 0.29) is 24.6 Å². The van der Waals surface area contributed by atoms with E-state index in [2.05, 4.69) is 25.9 Å². The normalized spacial score (nSPS) is 11.4. The molecule has 0 aromatic carbocycles. The van der Waals surface area contributed by atoms with Gasteiger partial charge >= 0.3 is 0 Å². The molecule has 0 spiro atoms. The van der Waals surface area contributed by atoms with Crippen molar-refractivity contribution in [2.45, 2.75) is 39.2 Å². The van der Waals surface area contributed by atoms with E-state index < -0.39 is 22.9 Å². The van der Waals surface area contributed by atoms with Gasteiger partial charge in [0.2, 0.25) is 5.91 Å². The number of carbonyl (C=O) groups excluding carboxylic acids is 2. The SMILES string of the molecule is CC(C)CCNC(=O)[C@H](CCCNC(=N)N[N+](=O)[O-])NC(=O)c1cnccn1. The number of guanidine groups is 1. The number of hydrogen-bond donors (Lipinski definition) is 5. The van der Waals surface area contributed by atoms with Crippen molar-refractivity contribution < 1.29 is 14.6 Å². The van der Waals surface area contributed by atoms with E-state index in [0.717, 1.165) is 6.42 Å². The largest absolute Gasteiger partial charge is 0.354 e. The predicted octanol–water partition coefficient (Wildman–Crippen LogP) is -0.177. The van der Waals surface area contributed by atoms with Crippen LogP contribution in [-0.2, 0) is 4.79 Å². The molecule has 1 aromatic rings. The van der Waals surface area contributed by atoms with E-state index >= 15 is 0 Å². The number of rotatable bonds is 11. The lowest BCUT2D eigenvalue weighted by atomic mass is 10.1. The first kappa shape index (κ1) is 22.7. The maximum Gasteiger partial charge on any atom is 0.272 e. The Kier molecular flexibility index (Phi) is 9.86. The Morgan fingerprint density at radius 3 is 2.57 bits per heavy atom. The zero-order valence-electron chi connectivity index (χ0n) is 15.9. The van der Waals surface area contributed by atoms with Crippen LogP contribution in [0.4, 0.5) is 0 Å². The highest BCUT2D eigenvalue weighted by molar-refractivity contribution is 5.95. The molecule has 0 saturated heterocycles. The van der Waals surface area contributed by atoms with Gasteiger partial charge in [-0.1, -0.05) is 19.3 Å². The molecule has 0 fully saturated rings. The van der Waals surface area contributed by atoms with Crippen LogP contribution in [-0.4, -0.2) is 51.9 Å². The van der Waals surface area contributed by atoms with E-state index in [1.54, 1.807) is 5.43 Å². The minimum atomic E-state index is -0.846. The van der Waals surface area contributed by atoms with Crippen molar-refractivity contribution >= 4 is 17.8 Å². The van der Waals surface area contributed by atoms with Gasteiger partial charge in [-0.25, -0.2) is 15.1 Å². The van der Waals surface area contributed by atoms with Gasteiger partial charge in [0.15, 0.2) is 5.03 Å². The summed E-state index contributed by atoms with van der Waals surface area (Å²) in [7, 11) is 0. The molecular formula is C16H26N8O4. The van der Waals surface area contributed by atoms with Gasteiger partial charge in [0, 0.05) is 25.5 Å². The average Bonchev–Trinajstić information content (AvgIpc) is 2.63. The van der Waals surface area contributed by atoms with Gasteiger partial charge in [0.1, 0.15) is 11.7 Å². The van der Waals surface area contributed by atoms with Crippen LogP contribution < -0.4 is 21.4 Å². The van der Waals surface area contributed by atoms with Crippen LogP contribution in [0.3, 0.4) is 0 Å². The lowest BCUT2D eigenvalue weighted by Gasteiger charge is -2.19. The lowest BCUT2D eigenvalue weighted by Crippen LogP contribution is -2.47. The number of amides is 2. The predicted molar refractivity (Wildman–Crippen MR) is 101 cm³/mol. The first-order valence-electron chi connectivity index (χ1n) is 8.87. The molecule has 0 saturated carbocycles. The quantitative estimate of drug-likeness (QED) is 0.113. The third-order valence-electron chi connectivity index (χ3n) is 3.61. The van der Waals surface area contributed by atoms with Crippen molar-refractivity contribution in [3.63, 3.8) is 0 Å². The number of nitrogens with one attached hydrogen (secondary N) is 5. The number of carbonyl (C=O) groups is 2. The fourth-order valence-electron chi connectivity index (χ4n) is 2.17. The van der Waals surface area contributed by atoms with Crippen LogP contribution in [0.5, 0.6) is 0 Å². The van der Waals surface area contributed by atoms with Gasteiger partial charge in [-0.15, -0.1) is 0 Å². The third-order valence-corrected chi connectivity index (χ3v) is 3.61. The molecule has 28 heavy (non-hydrogen) atoms. The Balaban J connectivity index is 2.59. The first-order chi connectivity index (χ1) is 13.3. The second kappa shape index (κ2) is 12.1. The average molecular weight is 394 g/mol. The molecule has 0 bridgehead atoms. The number of nitro groups is 1. The highest BCUT2D eigenvalue weighted by Crippen LogP contribution is 2.02. The van der Waals surface area contributed by atoms with Crippen molar-refractivity contribution in [2.24, 2.45) is 5.92 Å². The zero-order valence-corrected chi connectivity index (χ0v) is 15.9. The second-order valence-electron chi connectivity index (χ2n) is 6.40. The molecule has 1 rings (SSSR count). The summed E-state index contributed by atoms with van der Waals surface area (Å²) in [4.78, 5) is 42.7. The zero-order chi connectivity index (χ0) is 20.9. The Morgan fingerprint density at radius 2 is 1.96 bits per heavy atom. The molecule has 12 heteroatoms. The molecule has 0 aliphatic carbocycles. The Bertz CT molecular complexity index is 668. The van der Waals surface area contributed by atoms with E-state index in [1.807, 2.05) is 13.8 Å². The molecule has 0 radical (unpaired) electrons. The van der Waals surface area contributed by atoms with Crippen molar-refractivity contribution in [3.05, 3.63) is 34.4 Å². The smallest absolute Gasteiger partial charge is 0.272 e. The van der Waals surface area contributed by atoms with E-state index in [4.69, 9.17) is 5.41 Å². The monoisotopic (exact) mass is 394 g/mol. The summed E-state index contributed by atoms with van der Waals surface area (Å²) in [6.45, 7) is 4.79. The summed E-state index contributed by atoms with van der Waals surface area (Å²) in [6.07, 6.45) is 5.59. The molecule has 0 aliphatic rings. The third kappa shape index (κ3) is 9.40. The van der Waals surface area contributed by atoms with Gasteiger partial charge < -0.3 is 16.0 Å². The molecule has 1 atom stereocenters. The van der Waals surface area contributed by atoms with Crippen LogP contribution in [0.1, 0.15) is 43.6 Å². The molecule has 1 aromatic heterocycles. The number of hydrogen-bond acceptors (Lipinski definition) is 7. The minimum absolute atomic E-state index is 0.0950.